The third-order valence-electron chi connectivity index (χ3n) is 12.3. The molecular weight excluding hydrogens is 1070 g/mol. The van der Waals surface area contributed by atoms with Gasteiger partial charge in [-0.25, -0.2) is 9.78 Å². The maximum absolute atomic E-state index is 14.6. The first-order valence-electron chi connectivity index (χ1n) is 25.3. The molecule has 1 aromatic heterocycles. The van der Waals surface area contributed by atoms with E-state index >= 15 is 0 Å². The van der Waals surface area contributed by atoms with Crippen LogP contribution in [0.2, 0.25) is 0 Å². The molecule has 0 spiro atoms. The number of amides is 9. The number of hydrogen-bond donors (Lipinski definition) is 18. The van der Waals surface area contributed by atoms with Crippen molar-refractivity contribution in [2.24, 2.45) is 33.8 Å². The van der Waals surface area contributed by atoms with E-state index in [1.54, 1.807) is 44.2 Å². The molecule has 1 heterocycles. The molecule has 0 bridgehead atoms. The van der Waals surface area contributed by atoms with Crippen molar-refractivity contribution in [3.8, 4) is 5.75 Å². The highest BCUT2D eigenvalue weighted by atomic mass is 16.4. The number of guanidine groups is 1. The summed E-state index contributed by atoms with van der Waals surface area (Å²) in [6, 6.07) is -1.47. The number of carbonyl (C=O) groups is 11. The van der Waals surface area contributed by atoms with Crippen molar-refractivity contribution >= 4 is 71.1 Å². The number of aliphatic hydroxyl groups excluding tert-OH is 2. The predicted octanol–water partition coefficient (Wildman–Crippen LogP) is -6.13. The Hall–Kier alpha value is -9.23. The van der Waals surface area contributed by atoms with Gasteiger partial charge in [-0.05, 0) is 42.0 Å². The van der Waals surface area contributed by atoms with Crippen LogP contribution in [0, 0.1) is 5.92 Å². The monoisotopic (exact) mass is 1140 g/mol. The van der Waals surface area contributed by atoms with Crippen LogP contribution >= 0.6 is 0 Å². The van der Waals surface area contributed by atoms with E-state index < -0.39 is 151 Å². The van der Waals surface area contributed by atoms with Crippen LogP contribution in [0.1, 0.15) is 62.8 Å². The zero-order valence-electron chi connectivity index (χ0n) is 44.3. The fourth-order valence-corrected chi connectivity index (χ4v) is 7.65. The Kier molecular flexibility index (Phi) is 27.1. The number of phenols is 1. The van der Waals surface area contributed by atoms with Crippen LogP contribution in [0.25, 0.3) is 0 Å². The minimum absolute atomic E-state index is 0.0204. The number of nitrogens with one attached hydrogen (secondary N) is 9. The van der Waals surface area contributed by atoms with Gasteiger partial charge < -0.3 is 96.0 Å². The molecule has 10 unspecified atom stereocenters. The van der Waals surface area contributed by atoms with Crippen molar-refractivity contribution in [2.45, 2.75) is 120 Å². The summed E-state index contributed by atoms with van der Waals surface area (Å²) in [4.78, 5) is 157. The Morgan fingerprint density at radius 1 is 0.593 bits per heavy atom. The Morgan fingerprint density at radius 3 is 1.60 bits per heavy atom. The number of imidazole rings is 1. The minimum Gasteiger partial charge on any atom is -0.508 e. The van der Waals surface area contributed by atoms with Gasteiger partial charge in [0.05, 0.1) is 32.4 Å². The van der Waals surface area contributed by atoms with Gasteiger partial charge in [-0.1, -0.05) is 62.7 Å². The summed E-state index contributed by atoms with van der Waals surface area (Å²) in [5, 5.41) is 68.3. The summed E-state index contributed by atoms with van der Waals surface area (Å²) in [7, 11) is 0. The third-order valence-corrected chi connectivity index (χ3v) is 12.3. The summed E-state index contributed by atoms with van der Waals surface area (Å²) in [6.45, 7) is 1.15. The molecule has 442 valence electrons. The fourth-order valence-electron chi connectivity index (χ4n) is 7.65. The van der Waals surface area contributed by atoms with Gasteiger partial charge in [0.15, 0.2) is 5.96 Å². The Morgan fingerprint density at radius 2 is 1.09 bits per heavy atom. The van der Waals surface area contributed by atoms with Crippen molar-refractivity contribution in [3.05, 3.63) is 83.9 Å². The average Bonchev–Trinajstić information content (AvgIpc) is 3.97. The lowest BCUT2D eigenvalue weighted by molar-refractivity contribution is -0.143. The molecule has 0 radical (unpaired) electrons. The molecule has 0 fully saturated rings. The standard InChI is InChI=1S/C50H71N15O16/c1-3-25(2)40(48(79)63-36(49(80)81)18-28-21-55-24-57-28)65-46(77)35(20-39(70)71)62-47(78)37(23-67)64-44(75)32(16-26-8-5-4-6-9-26)61-43(74)33(17-27-11-13-29(68)14-12-27)60-42(73)31(10-7-15-56-50(53)54)58-45(76)34(19-38(52)69)59-41(72)30(51)22-66/h4-6,8-9,11-14,21,24-25,30-37,40,66-68H,3,7,10,15-20,22-23,51H2,1-2H3,(H2,52,69)(H,55,57)(H,58,76)(H,59,72)(H,60,73)(H,61,74)(H,62,78)(H,63,79)(H,64,75)(H,65,77)(H,70,71)(H,80,81)(H4,53,54,56). The van der Waals surface area contributed by atoms with Gasteiger partial charge in [0.1, 0.15) is 60.1 Å². The van der Waals surface area contributed by atoms with Crippen LogP contribution in [-0.4, -0.2) is 181 Å². The summed E-state index contributed by atoms with van der Waals surface area (Å²) in [5.74, 6) is -14.0. The van der Waals surface area contributed by atoms with Crippen molar-refractivity contribution in [1.29, 1.82) is 0 Å². The molecule has 2 aromatic carbocycles. The third kappa shape index (κ3) is 22.9. The number of aromatic nitrogens is 2. The Labute approximate surface area is 463 Å². The van der Waals surface area contributed by atoms with Gasteiger partial charge in [0, 0.05) is 37.7 Å². The van der Waals surface area contributed by atoms with Crippen molar-refractivity contribution in [2.75, 3.05) is 19.8 Å². The topological polar surface area (TPSA) is 530 Å². The zero-order chi connectivity index (χ0) is 60.3. The van der Waals surface area contributed by atoms with E-state index in [0.29, 0.717) is 16.8 Å². The number of aromatic amines is 1. The van der Waals surface area contributed by atoms with Crippen LogP contribution in [0.4, 0.5) is 0 Å². The Bertz CT molecular complexity index is 2660. The van der Waals surface area contributed by atoms with E-state index in [0.717, 1.165) is 0 Å². The van der Waals surface area contributed by atoms with Crippen LogP contribution < -0.4 is 65.5 Å². The van der Waals surface area contributed by atoms with Gasteiger partial charge in [0.2, 0.25) is 53.2 Å². The molecule has 81 heavy (non-hydrogen) atoms. The van der Waals surface area contributed by atoms with E-state index in [1.165, 1.54) is 36.8 Å². The van der Waals surface area contributed by atoms with Crippen LogP contribution in [0.5, 0.6) is 5.75 Å². The number of carboxylic acids is 2. The lowest BCUT2D eigenvalue weighted by Gasteiger charge is -2.28. The first-order valence-corrected chi connectivity index (χ1v) is 25.3. The number of nitrogens with two attached hydrogens (primary N) is 4. The molecule has 0 aliphatic heterocycles. The highest BCUT2D eigenvalue weighted by Gasteiger charge is 2.37. The largest absolute Gasteiger partial charge is 0.508 e. The van der Waals surface area contributed by atoms with Gasteiger partial charge in [-0.15, -0.1) is 0 Å². The van der Waals surface area contributed by atoms with E-state index in [1.807, 2.05) is 0 Å². The fraction of sp³-hybridized carbons (Fsp3) is 0.460. The lowest BCUT2D eigenvalue weighted by atomic mass is 9.97. The zero-order valence-corrected chi connectivity index (χ0v) is 44.3. The van der Waals surface area contributed by atoms with Crippen molar-refractivity contribution in [1.82, 2.24) is 52.5 Å². The maximum atomic E-state index is 14.6. The molecule has 9 amide bonds. The highest BCUT2D eigenvalue weighted by Crippen LogP contribution is 2.15. The number of aliphatic carboxylic acids is 2. The number of hydrogen-bond acceptors (Lipinski definition) is 17. The number of aliphatic hydroxyl groups is 2. The second kappa shape index (κ2) is 33.3. The lowest BCUT2D eigenvalue weighted by Crippen LogP contribution is -2.62. The highest BCUT2D eigenvalue weighted by molar-refractivity contribution is 5.99. The number of H-pyrrole nitrogens is 1. The molecule has 22 N–H and O–H groups in total. The van der Waals surface area contributed by atoms with E-state index in [2.05, 4.69) is 57.5 Å². The van der Waals surface area contributed by atoms with Crippen LogP contribution in [0.3, 0.4) is 0 Å². The smallest absolute Gasteiger partial charge is 0.326 e. The first kappa shape index (κ1) is 66.1. The number of rotatable bonds is 35. The van der Waals surface area contributed by atoms with Crippen LogP contribution in [-0.2, 0) is 72.0 Å². The SMILES string of the molecule is CCC(C)C(NC(=O)C(CC(=O)O)NC(=O)C(CO)NC(=O)C(Cc1ccccc1)NC(=O)C(Cc1ccc(O)cc1)NC(=O)C(CCCN=C(N)N)NC(=O)C(CC(N)=O)NC(=O)C(N)CO)C(=O)NC(Cc1cnc[nH]1)C(=O)O. The molecule has 31 heteroatoms. The van der Waals surface area contributed by atoms with E-state index in [-0.39, 0.29) is 56.8 Å². The number of nitrogens with zero attached hydrogens (tertiary/aromatic N) is 2. The van der Waals surface area contributed by atoms with Crippen molar-refractivity contribution < 1.29 is 78.3 Å². The molecule has 3 aromatic rings. The van der Waals surface area contributed by atoms with Gasteiger partial charge in [-0.2, -0.15) is 0 Å². The normalized spacial score (nSPS) is 14.6. The summed E-state index contributed by atoms with van der Waals surface area (Å²) in [5.41, 5.74) is 23.0. The summed E-state index contributed by atoms with van der Waals surface area (Å²) in [6.07, 6.45) is -0.0389. The number of carboxylic acid groups (broad SMARTS) is 2. The van der Waals surface area contributed by atoms with Gasteiger partial charge >= 0.3 is 11.9 Å². The number of carbonyl (C=O) groups excluding carboxylic acids is 9. The van der Waals surface area contributed by atoms with E-state index in [9.17, 15) is 78.3 Å². The van der Waals surface area contributed by atoms with E-state index in [4.69, 9.17) is 22.9 Å². The second-order valence-corrected chi connectivity index (χ2v) is 18.7. The molecular formula is C50H71N15O16. The number of aliphatic imine (C=N–C) groups is 1. The van der Waals surface area contributed by atoms with Gasteiger partial charge in [-0.3, -0.25) is 52.9 Å². The number of phenolic OH excluding ortho intramolecular Hbond substituents is 1. The molecule has 3 rings (SSSR count). The Balaban J connectivity index is 1.96. The molecule has 0 saturated carbocycles. The number of primary amides is 1. The number of benzene rings is 2. The average molecular weight is 1140 g/mol. The molecule has 0 aliphatic rings. The predicted molar refractivity (Wildman–Crippen MR) is 285 cm³/mol. The summed E-state index contributed by atoms with van der Waals surface area (Å²) < 4.78 is 0. The van der Waals surface area contributed by atoms with Crippen molar-refractivity contribution in [3.63, 3.8) is 0 Å². The maximum Gasteiger partial charge on any atom is 0.326 e. The molecule has 31 nitrogen and oxygen atoms in total. The van der Waals surface area contributed by atoms with Crippen LogP contribution in [0.15, 0.2) is 72.1 Å². The second-order valence-electron chi connectivity index (χ2n) is 18.7. The minimum atomic E-state index is -1.96. The molecule has 0 saturated heterocycles. The summed E-state index contributed by atoms with van der Waals surface area (Å²) >= 11 is 0. The molecule has 0 aliphatic carbocycles. The number of aromatic hydroxyl groups is 1. The van der Waals surface area contributed by atoms with Gasteiger partial charge in [0.25, 0.3) is 0 Å². The first-order chi connectivity index (χ1) is 38.3. The quantitative estimate of drug-likeness (QED) is 0.0148. The molecule has 10 atom stereocenters.